The summed E-state index contributed by atoms with van der Waals surface area (Å²) in [5.74, 6) is -0.411. The Morgan fingerprint density at radius 3 is 2.06 bits per heavy atom. The van der Waals surface area contributed by atoms with Crippen LogP contribution in [0.5, 0.6) is 5.75 Å². The molecule has 0 aliphatic heterocycles. The Hall–Kier alpha value is -2.78. The number of hydrogen-bond acceptors (Lipinski definition) is 4. The average molecular weight is 509 g/mol. The van der Waals surface area contributed by atoms with Gasteiger partial charge in [-0.1, -0.05) is 56.3 Å². The minimum absolute atomic E-state index is 0.00543. The molecule has 0 unspecified atom stereocenters. The highest BCUT2D eigenvalue weighted by atomic mass is 32.2. The van der Waals surface area contributed by atoms with Gasteiger partial charge in [-0.25, -0.2) is 8.42 Å². The molecule has 190 valence electrons. The van der Waals surface area contributed by atoms with E-state index in [0.29, 0.717) is 17.8 Å². The zero-order valence-electron chi connectivity index (χ0n) is 20.0. The molecule has 0 heterocycles. The number of nitrogens with zero attached hydrogens (tertiary/aromatic N) is 2. The molecule has 0 bridgehead atoms. The molecule has 3 rings (SSSR count). The summed E-state index contributed by atoms with van der Waals surface area (Å²) in [6.07, 6.45) is -2.92. The zero-order valence-corrected chi connectivity index (χ0v) is 20.8. The fraction of sp³-hybridized carbons (Fsp3) is 0.385. The van der Waals surface area contributed by atoms with Gasteiger partial charge in [-0.15, -0.1) is 13.2 Å². The average Bonchev–Trinajstić information content (AvgIpc) is 2.81. The molecule has 3 aromatic carbocycles. The fourth-order valence-electron chi connectivity index (χ4n) is 3.97. The molecule has 9 heteroatoms. The van der Waals surface area contributed by atoms with E-state index < -0.39 is 16.4 Å². The summed E-state index contributed by atoms with van der Waals surface area (Å²) >= 11 is 0. The Morgan fingerprint density at radius 2 is 1.46 bits per heavy atom. The molecule has 0 N–H and O–H groups in total. The second-order valence-corrected chi connectivity index (χ2v) is 10.4. The molecule has 0 saturated heterocycles. The first kappa shape index (κ1) is 26.8. The minimum Gasteiger partial charge on any atom is -0.406 e. The third kappa shape index (κ3) is 7.86. The standard InChI is InChI=1S/C26H31F3N2O3S/c1-3-15-30(16-4-2)17-18-35(32,33)31(24-12-11-22-7-5-6-8-23(22)19-24)20-21-9-13-25(14-10-21)34-26(27,28)29/h5-14,19H,3-4,15-18,20H2,1-2H3. The van der Waals surface area contributed by atoms with Crippen LogP contribution in [0.2, 0.25) is 0 Å². The maximum atomic E-state index is 13.6. The number of sulfonamides is 1. The second kappa shape index (κ2) is 11.8. The number of ether oxygens (including phenoxy) is 1. The first-order valence-electron chi connectivity index (χ1n) is 11.7. The topological polar surface area (TPSA) is 49.9 Å². The molecule has 0 radical (unpaired) electrons. The Balaban J connectivity index is 1.90. The normalized spacial score (nSPS) is 12.3. The van der Waals surface area contributed by atoms with Gasteiger partial charge in [0.2, 0.25) is 10.0 Å². The quantitative estimate of drug-likeness (QED) is 0.292. The molecule has 5 nitrogen and oxygen atoms in total. The van der Waals surface area contributed by atoms with Crippen LogP contribution in [0.3, 0.4) is 0 Å². The van der Waals surface area contributed by atoms with E-state index in [2.05, 4.69) is 23.5 Å². The van der Waals surface area contributed by atoms with Crippen molar-refractivity contribution < 1.29 is 26.3 Å². The van der Waals surface area contributed by atoms with Crippen LogP contribution >= 0.6 is 0 Å². The summed E-state index contributed by atoms with van der Waals surface area (Å²) in [7, 11) is -3.73. The zero-order chi connectivity index (χ0) is 25.5. The lowest BCUT2D eigenvalue weighted by molar-refractivity contribution is -0.274. The lowest BCUT2D eigenvalue weighted by Crippen LogP contribution is -2.38. The summed E-state index contributed by atoms with van der Waals surface area (Å²) < 4.78 is 69.9. The molecule has 0 aromatic heterocycles. The van der Waals surface area contributed by atoms with E-state index in [1.165, 1.54) is 28.6 Å². The number of alkyl halides is 3. The van der Waals surface area contributed by atoms with Crippen LogP contribution in [0.15, 0.2) is 66.7 Å². The minimum atomic E-state index is -4.79. The largest absolute Gasteiger partial charge is 0.573 e. The Bertz CT molecular complexity index is 1190. The molecule has 35 heavy (non-hydrogen) atoms. The predicted molar refractivity (Wildman–Crippen MR) is 134 cm³/mol. The van der Waals surface area contributed by atoms with E-state index in [1.807, 2.05) is 36.4 Å². The number of halogens is 3. The summed E-state index contributed by atoms with van der Waals surface area (Å²) in [5, 5.41) is 1.89. The third-order valence-electron chi connectivity index (χ3n) is 5.59. The highest BCUT2D eigenvalue weighted by Gasteiger charge is 2.31. The van der Waals surface area contributed by atoms with Crippen LogP contribution in [0.1, 0.15) is 32.3 Å². The van der Waals surface area contributed by atoms with Crippen LogP contribution in [0, 0.1) is 0 Å². The van der Waals surface area contributed by atoms with Crippen molar-refractivity contribution in [1.29, 1.82) is 0 Å². The first-order chi connectivity index (χ1) is 16.6. The number of fused-ring (bicyclic) bond motifs is 1. The van der Waals surface area contributed by atoms with E-state index in [9.17, 15) is 21.6 Å². The SMILES string of the molecule is CCCN(CCC)CCS(=O)(=O)N(Cc1ccc(OC(F)(F)F)cc1)c1ccc2ccccc2c1. The Kier molecular flexibility index (Phi) is 9.02. The van der Waals surface area contributed by atoms with Crippen molar-refractivity contribution in [1.82, 2.24) is 4.90 Å². The summed E-state index contributed by atoms with van der Waals surface area (Å²) in [6, 6.07) is 18.4. The second-order valence-electron chi connectivity index (χ2n) is 8.39. The molecule has 0 amide bonds. The molecule has 0 spiro atoms. The van der Waals surface area contributed by atoms with Gasteiger partial charge in [0.05, 0.1) is 18.0 Å². The molecular weight excluding hydrogens is 477 g/mol. The van der Waals surface area contributed by atoms with Crippen LogP contribution in [-0.2, 0) is 16.6 Å². The Morgan fingerprint density at radius 1 is 0.829 bits per heavy atom. The van der Waals surface area contributed by atoms with Gasteiger partial charge >= 0.3 is 6.36 Å². The van der Waals surface area contributed by atoms with Gasteiger partial charge in [-0.05, 0) is 66.5 Å². The van der Waals surface area contributed by atoms with Gasteiger partial charge in [0.15, 0.2) is 0 Å². The van der Waals surface area contributed by atoms with Gasteiger partial charge in [0.25, 0.3) is 0 Å². The van der Waals surface area contributed by atoms with Crippen molar-refractivity contribution in [2.24, 2.45) is 0 Å². The van der Waals surface area contributed by atoms with Crippen molar-refractivity contribution in [3.8, 4) is 5.75 Å². The maximum absolute atomic E-state index is 13.6. The van der Waals surface area contributed by atoms with Crippen molar-refractivity contribution in [2.75, 3.05) is 29.7 Å². The maximum Gasteiger partial charge on any atom is 0.573 e. The van der Waals surface area contributed by atoms with E-state index in [-0.39, 0.29) is 18.0 Å². The van der Waals surface area contributed by atoms with Gasteiger partial charge in [0.1, 0.15) is 5.75 Å². The molecule has 0 aliphatic rings. The number of anilines is 1. The predicted octanol–water partition coefficient (Wildman–Crippen LogP) is 6.20. The first-order valence-corrected chi connectivity index (χ1v) is 13.3. The number of rotatable bonds is 12. The van der Waals surface area contributed by atoms with Crippen LogP contribution in [0.4, 0.5) is 18.9 Å². The lowest BCUT2D eigenvalue weighted by atomic mass is 10.1. The monoisotopic (exact) mass is 508 g/mol. The van der Waals surface area contributed by atoms with Gasteiger partial charge < -0.3 is 9.64 Å². The van der Waals surface area contributed by atoms with Gasteiger partial charge in [-0.3, -0.25) is 4.31 Å². The van der Waals surface area contributed by atoms with Crippen molar-refractivity contribution in [3.63, 3.8) is 0 Å². The lowest BCUT2D eigenvalue weighted by Gasteiger charge is -2.27. The van der Waals surface area contributed by atoms with E-state index in [4.69, 9.17) is 0 Å². The highest BCUT2D eigenvalue weighted by molar-refractivity contribution is 7.92. The van der Waals surface area contributed by atoms with Crippen molar-refractivity contribution in [2.45, 2.75) is 39.6 Å². The molecular formula is C26H31F3N2O3S. The Labute approximate surface area is 205 Å². The summed E-state index contributed by atoms with van der Waals surface area (Å²) in [5.41, 5.74) is 1.06. The summed E-state index contributed by atoms with van der Waals surface area (Å²) in [4.78, 5) is 2.14. The van der Waals surface area contributed by atoms with Crippen LogP contribution in [0.25, 0.3) is 10.8 Å². The van der Waals surface area contributed by atoms with Gasteiger partial charge in [0, 0.05) is 6.54 Å². The molecule has 0 aliphatic carbocycles. The van der Waals surface area contributed by atoms with E-state index >= 15 is 0 Å². The number of hydrogen-bond donors (Lipinski definition) is 0. The third-order valence-corrected chi connectivity index (χ3v) is 7.30. The van der Waals surface area contributed by atoms with Crippen LogP contribution < -0.4 is 9.04 Å². The summed E-state index contributed by atoms with van der Waals surface area (Å²) in [6.45, 7) is 6.16. The van der Waals surface area contributed by atoms with E-state index in [1.54, 1.807) is 6.07 Å². The molecule has 0 saturated carbocycles. The van der Waals surface area contributed by atoms with E-state index in [0.717, 1.165) is 36.7 Å². The molecule has 0 fully saturated rings. The smallest absolute Gasteiger partial charge is 0.406 e. The van der Waals surface area contributed by atoms with Crippen LogP contribution in [-0.4, -0.2) is 45.1 Å². The van der Waals surface area contributed by atoms with Crippen molar-refractivity contribution in [3.05, 3.63) is 72.3 Å². The molecule has 0 atom stereocenters. The molecule has 3 aromatic rings. The fourth-order valence-corrected chi connectivity index (χ4v) is 5.46. The van der Waals surface area contributed by atoms with Crippen molar-refractivity contribution >= 4 is 26.5 Å². The number of benzene rings is 3. The highest BCUT2D eigenvalue weighted by Crippen LogP contribution is 2.28. The van der Waals surface area contributed by atoms with Gasteiger partial charge in [-0.2, -0.15) is 0 Å².